The molecule has 11 nitrogen and oxygen atoms in total. The van der Waals surface area contributed by atoms with Gasteiger partial charge in [0.25, 0.3) is 11.8 Å². The van der Waals surface area contributed by atoms with Crippen molar-refractivity contribution in [2.75, 3.05) is 19.4 Å². The molecule has 4 rings (SSSR count). The fraction of sp³-hybridized carbons (Fsp3) is 0.217. The zero-order valence-electron chi connectivity index (χ0n) is 18.5. The van der Waals surface area contributed by atoms with E-state index in [0.717, 1.165) is 5.56 Å². The van der Waals surface area contributed by atoms with Gasteiger partial charge in [0.15, 0.2) is 5.78 Å². The Hall–Kier alpha value is -4.21. The molecule has 2 aromatic carbocycles. The molecule has 12 heteroatoms. The van der Waals surface area contributed by atoms with Crippen LogP contribution in [0.2, 0.25) is 0 Å². The van der Waals surface area contributed by atoms with Crippen LogP contribution < -0.4 is 20.5 Å². The largest absolute Gasteiger partial charge is 0.497 e. The lowest BCUT2D eigenvalue weighted by molar-refractivity contribution is -0.122. The van der Waals surface area contributed by atoms with Gasteiger partial charge in [0.05, 0.1) is 13.7 Å². The minimum Gasteiger partial charge on any atom is -0.497 e. The minimum absolute atomic E-state index is 0.127. The highest BCUT2D eigenvalue weighted by Gasteiger charge is 2.48. The fourth-order valence-electron chi connectivity index (χ4n) is 3.80. The number of rotatable bonds is 6. The highest BCUT2D eigenvalue weighted by atomic mass is 32.2. The van der Waals surface area contributed by atoms with Crippen LogP contribution in [0.25, 0.3) is 0 Å². The topological polar surface area (TPSA) is 165 Å². The van der Waals surface area contributed by atoms with Gasteiger partial charge in [0, 0.05) is 23.2 Å². The predicted octanol–water partition coefficient (Wildman–Crippen LogP) is -0.248. The standard InChI is InChI=1S/C23H20N4O7S/c1-34-17-7-6-16-11-27(20(29)18(16)10-17)13-23(21(30)25-22(31)26-23)9-8-14-2-4-15(5-3-14)19(28)12-35(24,32)33/h2-7,10H,11-13H2,1H3,(H2,24,32,33)(H2,25,26,30,31)/t23-/m1/s1. The second-order valence-electron chi connectivity index (χ2n) is 8.06. The molecule has 4 N–H and O–H groups in total. The Bertz CT molecular complexity index is 1420. The van der Waals surface area contributed by atoms with Gasteiger partial charge in [0.2, 0.25) is 15.6 Å². The second kappa shape index (κ2) is 8.86. The molecule has 2 aliphatic rings. The van der Waals surface area contributed by atoms with Gasteiger partial charge in [-0.2, -0.15) is 0 Å². The molecule has 0 radical (unpaired) electrons. The summed E-state index contributed by atoms with van der Waals surface area (Å²) < 4.78 is 27.4. The SMILES string of the molecule is COc1ccc2c(c1)C(=O)N(C[C@@]1(C#Cc3ccc(C(=O)CS(N)(=O)=O)cc3)NC(=O)NC1=O)C2. The number of carbonyl (C=O) groups excluding carboxylic acids is 4. The van der Waals surface area contributed by atoms with Gasteiger partial charge in [-0.1, -0.05) is 30.0 Å². The van der Waals surface area contributed by atoms with Gasteiger partial charge in [-0.05, 0) is 29.8 Å². The first kappa shape index (κ1) is 23.9. The number of hydrogen-bond donors (Lipinski definition) is 3. The molecule has 2 aliphatic heterocycles. The monoisotopic (exact) mass is 496 g/mol. The van der Waals surface area contributed by atoms with Crippen LogP contribution in [-0.2, 0) is 21.4 Å². The first-order valence-corrected chi connectivity index (χ1v) is 12.0. The summed E-state index contributed by atoms with van der Waals surface area (Å²) in [7, 11) is -2.47. The maximum absolute atomic E-state index is 13.0. The normalized spacial score (nSPS) is 18.9. The average molecular weight is 497 g/mol. The van der Waals surface area contributed by atoms with E-state index in [1.165, 1.54) is 36.3 Å². The Morgan fingerprint density at radius 3 is 2.49 bits per heavy atom. The molecule has 1 saturated heterocycles. The zero-order valence-corrected chi connectivity index (χ0v) is 19.3. The quantitative estimate of drug-likeness (QED) is 0.282. The van der Waals surface area contributed by atoms with Crippen LogP contribution in [0.5, 0.6) is 5.75 Å². The Morgan fingerprint density at radius 2 is 1.89 bits per heavy atom. The van der Waals surface area contributed by atoms with E-state index >= 15 is 0 Å². The van der Waals surface area contributed by atoms with Crippen LogP contribution in [0, 0.1) is 11.8 Å². The summed E-state index contributed by atoms with van der Waals surface area (Å²) in [5, 5.41) is 9.57. The fourth-order valence-corrected chi connectivity index (χ4v) is 4.33. The van der Waals surface area contributed by atoms with Gasteiger partial charge in [0.1, 0.15) is 11.5 Å². The number of sulfonamides is 1. The van der Waals surface area contributed by atoms with Crippen molar-refractivity contribution in [1.29, 1.82) is 0 Å². The second-order valence-corrected chi connectivity index (χ2v) is 9.67. The summed E-state index contributed by atoms with van der Waals surface area (Å²) in [5.74, 6) is 3.54. The van der Waals surface area contributed by atoms with Crippen LogP contribution in [0.15, 0.2) is 42.5 Å². The highest BCUT2D eigenvalue weighted by Crippen LogP contribution is 2.28. The predicted molar refractivity (Wildman–Crippen MR) is 123 cm³/mol. The van der Waals surface area contributed by atoms with E-state index in [0.29, 0.717) is 16.9 Å². The number of ketones is 1. The number of nitrogens with one attached hydrogen (secondary N) is 2. The van der Waals surface area contributed by atoms with Crippen molar-refractivity contribution in [2.45, 2.75) is 12.1 Å². The van der Waals surface area contributed by atoms with E-state index in [1.807, 2.05) is 0 Å². The Kier molecular flexibility index (Phi) is 6.06. The number of nitrogens with two attached hydrogens (primary N) is 1. The molecule has 2 aromatic rings. The van der Waals surface area contributed by atoms with Crippen molar-refractivity contribution in [3.63, 3.8) is 0 Å². The number of methoxy groups -OCH3 is 1. The molecule has 0 bridgehead atoms. The number of carbonyl (C=O) groups is 4. The summed E-state index contributed by atoms with van der Waals surface area (Å²) in [4.78, 5) is 51.0. The van der Waals surface area contributed by atoms with Gasteiger partial charge in [-0.15, -0.1) is 0 Å². The van der Waals surface area contributed by atoms with Gasteiger partial charge in [-0.25, -0.2) is 18.4 Å². The third-order valence-corrected chi connectivity index (χ3v) is 6.19. The minimum atomic E-state index is -3.96. The third-order valence-electron chi connectivity index (χ3n) is 5.52. The maximum Gasteiger partial charge on any atom is 0.323 e. The summed E-state index contributed by atoms with van der Waals surface area (Å²) in [5.41, 5.74) is 0.0229. The number of hydrogen-bond acceptors (Lipinski definition) is 7. The maximum atomic E-state index is 13.0. The smallest absolute Gasteiger partial charge is 0.323 e. The van der Waals surface area contributed by atoms with Crippen LogP contribution in [-0.4, -0.2) is 61.9 Å². The van der Waals surface area contributed by atoms with Crippen molar-refractivity contribution >= 4 is 33.7 Å². The number of Topliss-reactive ketones (excluding diaryl/α,β-unsaturated/α-hetero) is 1. The molecule has 0 saturated carbocycles. The number of imide groups is 1. The van der Waals surface area contributed by atoms with Crippen molar-refractivity contribution in [3.05, 3.63) is 64.7 Å². The van der Waals surface area contributed by atoms with Crippen LogP contribution in [0.3, 0.4) is 0 Å². The highest BCUT2D eigenvalue weighted by molar-refractivity contribution is 7.89. The molecule has 4 amide bonds. The van der Waals surface area contributed by atoms with Crippen LogP contribution >= 0.6 is 0 Å². The number of fused-ring (bicyclic) bond motifs is 1. The average Bonchev–Trinajstić information content (AvgIpc) is 3.26. The molecular weight excluding hydrogens is 476 g/mol. The number of benzene rings is 2. The molecule has 1 fully saturated rings. The number of ether oxygens (including phenoxy) is 1. The Labute approximate surface area is 200 Å². The summed E-state index contributed by atoms with van der Waals surface area (Å²) in [6, 6.07) is 10.1. The van der Waals surface area contributed by atoms with Crippen molar-refractivity contribution in [3.8, 4) is 17.6 Å². The van der Waals surface area contributed by atoms with E-state index in [9.17, 15) is 27.6 Å². The van der Waals surface area contributed by atoms with Crippen molar-refractivity contribution in [2.24, 2.45) is 5.14 Å². The van der Waals surface area contributed by atoms with Gasteiger partial charge in [-0.3, -0.25) is 19.7 Å². The first-order chi connectivity index (χ1) is 16.5. The molecule has 0 aromatic heterocycles. The van der Waals surface area contributed by atoms with E-state index in [2.05, 4.69) is 22.5 Å². The lowest BCUT2D eigenvalue weighted by Crippen LogP contribution is -2.54. The zero-order chi connectivity index (χ0) is 25.4. The number of amides is 4. The molecule has 180 valence electrons. The Morgan fingerprint density at radius 1 is 1.17 bits per heavy atom. The number of urea groups is 1. The van der Waals surface area contributed by atoms with Crippen molar-refractivity contribution < 1.29 is 32.3 Å². The summed E-state index contributed by atoms with van der Waals surface area (Å²) in [6.45, 7) is 0.0317. The molecule has 0 unspecified atom stereocenters. The molecule has 1 atom stereocenters. The summed E-state index contributed by atoms with van der Waals surface area (Å²) in [6.07, 6.45) is 0. The van der Waals surface area contributed by atoms with Gasteiger partial charge >= 0.3 is 6.03 Å². The lowest BCUT2D eigenvalue weighted by Gasteiger charge is -2.26. The van der Waals surface area contributed by atoms with Crippen molar-refractivity contribution in [1.82, 2.24) is 15.5 Å². The van der Waals surface area contributed by atoms with E-state index in [-0.39, 0.29) is 24.6 Å². The molecule has 35 heavy (non-hydrogen) atoms. The lowest BCUT2D eigenvalue weighted by atomic mass is 9.98. The molecule has 2 heterocycles. The number of nitrogens with zero attached hydrogens (tertiary/aromatic N) is 1. The van der Waals surface area contributed by atoms with E-state index in [4.69, 9.17) is 9.88 Å². The van der Waals surface area contributed by atoms with E-state index in [1.54, 1.807) is 18.2 Å². The van der Waals surface area contributed by atoms with E-state index < -0.39 is 39.0 Å². The first-order valence-electron chi connectivity index (χ1n) is 10.3. The van der Waals surface area contributed by atoms with Crippen LogP contribution in [0.4, 0.5) is 4.79 Å². The molecular formula is C23H20N4O7S. The van der Waals surface area contributed by atoms with Crippen LogP contribution in [0.1, 0.15) is 31.8 Å². The Balaban J connectivity index is 1.58. The molecule has 0 spiro atoms. The summed E-state index contributed by atoms with van der Waals surface area (Å²) >= 11 is 0. The molecule has 0 aliphatic carbocycles. The number of primary sulfonamides is 1. The third kappa shape index (κ3) is 5.01. The van der Waals surface area contributed by atoms with Gasteiger partial charge < -0.3 is 15.0 Å².